The second-order valence-corrected chi connectivity index (χ2v) is 5.71. The number of hydrogen-bond acceptors (Lipinski definition) is 4. The van der Waals surface area contributed by atoms with Crippen molar-refractivity contribution in [3.63, 3.8) is 0 Å². The molecule has 1 aliphatic rings. The largest absolute Gasteiger partial charge is 0.497 e. The molecule has 132 valence electrons. The Bertz CT molecular complexity index is 751. The Morgan fingerprint density at radius 1 is 1.32 bits per heavy atom. The highest BCUT2D eigenvalue weighted by molar-refractivity contribution is 5.83. The minimum Gasteiger partial charge on any atom is -0.497 e. The van der Waals surface area contributed by atoms with Crippen molar-refractivity contribution in [3.8, 4) is 11.5 Å². The van der Waals surface area contributed by atoms with E-state index in [0.29, 0.717) is 13.2 Å². The first-order valence-electron chi connectivity index (χ1n) is 8.25. The molecule has 0 aromatic heterocycles. The SMILES string of the molecule is CCOC(=O)C=C(C)C=CC=C(C)C1=Cc2ccc(OC)cc2OC1. The van der Waals surface area contributed by atoms with Crippen molar-refractivity contribution in [2.75, 3.05) is 20.3 Å². The summed E-state index contributed by atoms with van der Waals surface area (Å²) in [7, 11) is 1.64. The Hall–Kier alpha value is -2.75. The zero-order valence-corrected chi connectivity index (χ0v) is 15.2. The maximum atomic E-state index is 11.4. The van der Waals surface area contributed by atoms with Crippen LogP contribution in [-0.2, 0) is 9.53 Å². The number of benzene rings is 1. The second kappa shape index (κ2) is 8.92. The minimum absolute atomic E-state index is 0.319. The van der Waals surface area contributed by atoms with Crippen LogP contribution in [0.3, 0.4) is 0 Å². The van der Waals surface area contributed by atoms with Crippen LogP contribution in [0.1, 0.15) is 26.3 Å². The van der Waals surface area contributed by atoms with Crippen molar-refractivity contribution in [1.29, 1.82) is 0 Å². The molecule has 0 amide bonds. The molecular formula is C21H24O4. The number of rotatable bonds is 6. The summed E-state index contributed by atoms with van der Waals surface area (Å²) in [5, 5.41) is 0. The normalized spacial score (nSPS) is 14.6. The molecule has 4 heteroatoms. The van der Waals surface area contributed by atoms with Crippen molar-refractivity contribution in [2.24, 2.45) is 0 Å². The van der Waals surface area contributed by atoms with Gasteiger partial charge >= 0.3 is 5.97 Å². The van der Waals surface area contributed by atoms with Crippen molar-refractivity contribution in [3.05, 3.63) is 64.8 Å². The van der Waals surface area contributed by atoms with Crippen LogP contribution in [0, 0.1) is 0 Å². The molecule has 1 aromatic carbocycles. The molecule has 2 rings (SSSR count). The third-order valence-electron chi connectivity index (χ3n) is 3.78. The van der Waals surface area contributed by atoms with Gasteiger partial charge in [0.1, 0.15) is 18.1 Å². The molecule has 0 fully saturated rings. The lowest BCUT2D eigenvalue weighted by Crippen LogP contribution is -2.08. The molecule has 0 N–H and O–H groups in total. The molecule has 0 radical (unpaired) electrons. The average molecular weight is 340 g/mol. The van der Waals surface area contributed by atoms with E-state index in [2.05, 4.69) is 6.08 Å². The molecule has 1 aromatic rings. The van der Waals surface area contributed by atoms with Crippen LogP contribution >= 0.6 is 0 Å². The summed E-state index contributed by atoms with van der Waals surface area (Å²) >= 11 is 0. The minimum atomic E-state index is -0.319. The highest BCUT2D eigenvalue weighted by atomic mass is 16.5. The van der Waals surface area contributed by atoms with Crippen molar-refractivity contribution >= 4 is 12.0 Å². The topological polar surface area (TPSA) is 44.8 Å². The van der Waals surface area contributed by atoms with E-state index in [-0.39, 0.29) is 5.97 Å². The molecule has 0 bridgehead atoms. The fourth-order valence-electron chi connectivity index (χ4n) is 2.37. The monoisotopic (exact) mass is 340 g/mol. The van der Waals surface area contributed by atoms with Gasteiger partial charge in [-0.05, 0) is 55.7 Å². The standard InChI is InChI=1S/C21H24O4/c1-5-24-21(22)11-15(2)7-6-8-16(3)18-12-17-9-10-19(23-4)13-20(17)25-14-18/h6-13H,5,14H2,1-4H3. The van der Waals surface area contributed by atoms with Gasteiger partial charge in [-0.25, -0.2) is 4.79 Å². The van der Waals surface area contributed by atoms with Gasteiger partial charge in [0.2, 0.25) is 0 Å². The number of esters is 1. The molecule has 0 spiro atoms. The smallest absolute Gasteiger partial charge is 0.330 e. The van der Waals surface area contributed by atoms with E-state index in [4.69, 9.17) is 14.2 Å². The highest BCUT2D eigenvalue weighted by Crippen LogP contribution is 2.32. The number of methoxy groups -OCH3 is 1. The zero-order valence-electron chi connectivity index (χ0n) is 15.2. The number of hydrogen-bond donors (Lipinski definition) is 0. The third kappa shape index (κ3) is 5.38. The van der Waals surface area contributed by atoms with E-state index >= 15 is 0 Å². The molecule has 1 aliphatic heterocycles. The fourth-order valence-corrected chi connectivity index (χ4v) is 2.37. The summed E-state index contributed by atoms with van der Waals surface area (Å²) in [6, 6.07) is 5.80. The molecule has 0 unspecified atom stereocenters. The van der Waals surface area contributed by atoms with Crippen LogP contribution < -0.4 is 9.47 Å². The lowest BCUT2D eigenvalue weighted by Gasteiger charge is -2.19. The number of ether oxygens (including phenoxy) is 3. The Kier molecular flexibility index (Phi) is 6.63. The molecule has 1 heterocycles. The first-order chi connectivity index (χ1) is 12.0. The lowest BCUT2D eigenvalue weighted by molar-refractivity contribution is -0.137. The number of allylic oxidation sites excluding steroid dienone is 4. The van der Waals surface area contributed by atoms with Crippen LogP contribution in [0.5, 0.6) is 11.5 Å². The first kappa shape index (κ1) is 18.6. The molecule has 25 heavy (non-hydrogen) atoms. The van der Waals surface area contributed by atoms with Gasteiger partial charge in [-0.2, -0.15) is 0 Å². The Morgan fingerprint density at radius 2 is 2.12 bits per heavy atom. The number of carbonyl (C=O) groups excluding carboxylic acids is 1. The quantitative estimate of drug-likeness (QED) is 0.435. The van der Waals surface area contributed by atoms with Crippen molar-refractivity contribution in [2.45, 2.75) is 20.8 Å². The molecule has 0 atom stereocenters. The summed E-state index contributed by atoms with van der Waals surface area (Å²) in [6.45, 7) is 6.60. The predicted molar refractivity (Wildman–Crippen MR) is 99.8 cm³/mol. The lowest BCUT2D eigenvalue weighted by atomic mass is 10.0. The van der Waals surface area contributed by atoms with Crippen LogP contribution in [0.15, 0.2) is 59.2 Å². The van der Waals surface area contributed by atoms with Crippen LogP contribution in [-0.4, -0.2) is 26.3 Å². The third-order valence-corrected chi connectivity index (χ3v) is 3.78. The van der Waals surface area contributed by atoms with E-state index in [1.54, 1.807) is 14.0 Å². The van der Waals surface area contributed by atoms with Crippen LogP contribution in [0.25, 0.3) is 6.08 Å². The van der Waals surface area contributed by atoms with E-state index in [9.17, 15) is 4.79 Å². The van der Waals surface area contributed by atoms with Gasteiger partial charge in [0.15, 0.2) is 0 Å². The van der Waals surface area contributed by atoms with Gasteiger partial charge in [0, 0.05) is 17.7 Å². The number of fused-ring (bicyclic) bond motifs is 1. The van der Waals surface area contributed by atoms with Crippen LogP contribution in [0.4, 0.5) is 0 Å². The van der Waals surface area contributed by atoms with Crippen molar-refractivity contribution < 1.29 is 19.0 Å². The Labute approximate surface area is 149 Å². The maximum absolute atomic E-state index is 11.4. The second-order valence-electron chi connectivity index (χ2n) is 5.71. The van der Waals surface area contributed by atoms with Crippen LogP contribution in [0.2, 0.25) is 0 Å². The summed E-state index contributed by atoms with van der Waals surface area (Å²) < 4.78 is 15.9. The molecule has 0 aliphatic carbocycles. The van der Waals surface area contributed by atoms with Crippen molar-refractivity contribution in [1.82, 2.24) is 0 Å². The maximum Gasteiger partial charge on any atom is 0.330 e. The van der Waals surface area contributed by atoms with Gasteiger partial charge in [0.25, 0.3) is 0 Å². The van der Waals surface area contributed by atoms with Gasteiger partial charge in [-0.15, -0.1) is 0 Å². The van der Waals surface area contributed by atoms with E-state index in [0.717, 1.165) is 33.8 Å². The van der Waals surface area contributed by atoms with Gasteiger partial charge in [0.05, 0.1) is 13.7 Å². The van der Waals surface area contributed by atoms with Gasteiger partial charge in [-0.1, -0.05) is 18.2 Å². The summed E-state index contributed by atoms with van der Waals surface area (Å²) in [6.07, 6.45) is 9.41. The summed E-state index contributed by atoms with van der Waals surface area (Å²) in [5.41, 5.74) is 4.11. The fraction of sp³-hybridized carbons (Fsp3) is 0.286. The molecule has 0 saturated heterocycles. The van der Waals surface area contributed by atoms with E-state index < -0.39 is 0 Å². The summed E-state index contributed by atoms with van der Waals surface area (Å²) in [5.74, 6) is 1.30. The predicted octanol–water partition coefficient (Wildman–Crippen LogP) is 4.48. The average Bonchev–Trinajstić information content (AvgIpc) is 2.60. The summed E-state index contributed by atoms with van der Waals surface area (Å²) in [4.78, 5) is 11.4. The highest BCUT2D eigenvalue weighted by Gasteiger charge is 2.13. The molecular weight excluding hydrogens is 316 g/mol. The Balaban J connectivity index is 2.08. The Morgan fingerprint density at radius 3 is 2.84 bits per heavy atom. The van der Waals surface area contributed by atoms with E-state index in [1.165, 1.54) is 6.08 Å². The van der Waals surface area contributed by atoms with Gasteiger partial charge in [-0.3, -0.25) is 0 Å². The van der Waals surface area contributed by atoms with E-state index in [1.807, 2.05) is 50.3 Å². The zero-order chi connectivity index (χ0) is 18.2. The van der Waals surface area contributed by atoms with Gasteiger partial charge < -0.3 is 14.2 Å². The first-order valence-corrected chi connectivity index (χ1v) is 8.25. The molecule has 0 saturated carbocycles. The molecule has 4 nitrogen and oxygen atoms in total. The number of carbonyl (C=O) groups is 1.